The molecule has 0 N–H and O–H groups in total. The first-order chi connectivity index (χ1) is 14.4. The number of rotatable bonds is 18. The maximum absolute atomic E-state index is 3.84. The molecule has 0 saturated heterocycles. The second-order valence-corrected chi connectivity index (χ2v) is 10.1. The number of nitrogens with zero attached hydrogens (tertiary/aromatic N) is 2. The summed E-state index contributed by atoms with van der Waals surface area (Å²) in [6, 6.07) is 0.828. The summed E-state index contributed by atoms with van der Waals surface area (Å²) in [6.07, 6.45) is 12.6. The standard InChI is InChI=1S/C28H56N2/c1-9-13-19-29(20-14-10-2)27(23-25(5)6)17-18-28(24-26(7)8)30(21-15-11-3)22-16-12-4/h25-28H,9-16,19-24H2,1-8H3. The van der Waals surface area contributed by atoms with Gasteiger partial charge < -0.3 is 0 Å². The van der Waals surface area contributed by atoms with Gasteiger partial charge in [-0.25, -0.2) is 0 Å². The maximum atomic E-state index is 3.84. The van der Waals surface area contributed by atoms with Crippen LogP contribution in [0.15, 0.2) is 0 Å². The number of unbranched alkanes of at least 4 members (excludes halogenated alkanes) is 4. The fraction of sp³-hybridized carbons (Fsp3) is 0.929. The van der Waals surface area contributed by atoms with E-state index in [9.17, 15) is 0 Å². The SMILES string of the molecule is CCCCN(CCCC)C(C#CC(CC(C)C)N(CCCC)CCCC)CC(C)C. The highest BCUT2D eigenvalue weighted by Crippen LogP contribution is 2.17. The average Bonchev–Trinajstić information content (AvgIpc) is 2.70. The smallest absolute Gasteiger partial charge is 0.0717 e. The van der Waals surface area contributed by atoms with Gasteiger partial charge in [-0.05, 0) is 76.5 Å². The fourth-order valence-electron chi connectivity index (χ4n) is 3.98. The molecule has 2 heteroatoms. The molecule has 0 aliphatic heterocycles. The zero-order valence-electron chi connectivity index (χ0n) is 22.1. The van der Waals surface area contributed by atoms with Crippen molar-refractivity contribution in [1.29, 1.82) is 0 Å². The highest BCUT2D eigenvalue weighted by Gasteiger charge is 2.20. The molecule has 0 spiro atoms. The molecule has 0 heterocycles. The summed E-state index contributed by atoms with van der Waals surface area (Å²) in [5.74, 6) is 9.06. The molecular formula is C28H56N2. The molecule has 0 aliphatic carbocycles. The van der Waals surface area contributed by atoms with Crippen molar-refractivity contribution in [3.8, 4) is 11.8 Å². The van der Waals surface area contributed by atoms with E-state index in [1.54, 1.807) is 0 Å². The van der Waals surface area contributed by atoms with Crippen LogP contribution < -0.4 is 0 Å². The maximum Gasteiger partial charge on any atom is 0.0717 e. The molecule has 0 aliphatic rings. The van der Waals surface area contributed by atoms with Crippen LogP contribution in [0.5, 0.6) is 0 Å². The van der Waals surface area contributed by atoms with Gasteiger partial charge in [-0.3, -0.25) is 9.80 Å². The Morgan fingerprint density at radius 3 is 0.967 bits per heavy atom. The van der Waals surface area contributed by atoms with E-state index in [0.717, 1.165) is 0 Å². The van der Waals surface area contributed by atoms with Crippen LogP contribution in [0.4, 0.5) is 0 Å². The van der Waals surface area contributed by atoms with Crippen molar-refractivity contribution in [2.24, 2.45) is 11.8 Å². The molecule has 0 rings (SSSR count). The lowest BCUT2D eigenvalue weighted by atomic mass is 9.98. The Hall–Kier alpha value is -0.520. The van der Waals surface area contributed by atoms with Crippen molar-refractivity contribution in [3.05, 3.63) is 0 Å². The van der Waals surface area contributed by atoms with Gasteiger partial charge in [0.05, 0.1) is 12.1 Å². The van der Waals surface area contributed by atoms with Gasteiger partial charge >= 0.3 is 0 Å². The van der Waals surface area contributed by atoms with Crippen LogP contribution in [0, 0.1) is 23.7 Å². The van der Waals surface area contributed by atoms with Gasteiger partial charge in [0.2, 0.25) is 0 Å². The van der Waals surface area contributed by atoms with Gasteiger partial charge in [0.25, 0.3) is 0 Å². The van der Waals surface area contributed by atoms with Crippen molar-refractivity contribution >= 4 is 0 Å². The van der Waals surface area contributed by atoms with E-state index < -0.39 is 0 Å². The Morgan fingerprint density at radius 2 is 0.767 bits per heavy atom. The fourth-order valence-corrected chi connectivity index (χ4v) is 3.98. The van der Waals surface area contributed by atoms with Crippen molar-refractivity contribution in [1.82, 2.24) is 9.80 Å². The van der Waals surface area contributed by atoms with Crippen molar-refractivity contribution in [3.63, 3.8) is 0 Å². The summed E-state index contributed by atoms with van der Waals surface area (Å²) in [7, 11) is 0. The van der Waals surface area contributed by atoms with E-state index in [4.69, 9.17) is 0 Å². The molecule has 0 bridgehead atoms. The first-order valence-corrected chi connectivity index (χ1v) is 13.4. The lowest BCUT2D eigenvalue weighted by Crippen LogP contribution is -2.39. The Kier molecular flexibility index (Phi) is 18.9. The number of hydrogen-bond acceptors (Lipinski definition) is 2. The summed E-state index contributed by atoms with van der Waals surface area (Å²) >= 11 is 0. The highest BCUT2D eigenvalue weighted by atomic mass is 15.2. The van der Waals surface area contributed by atoms with Gasteiger partial charge in [0.1, 0.15) is 0 Å². The molecule has 0 aromatic rings. The minimum absolute atomic E-state index is 0.414. The van der Waals surface area contributed by atoms with E-state index in [0.29, 0.717) is 23.9 Å². The van der Waals surface area contributed by atoms with E-state index in [2.05, 4.69) is 77.0 Å². The van der Waals surface area contributed by atoms with E-state index in [-0.39, 0.29) is 0 Å². The lowest BCUT2D eigenvalue weighted by Gasteiger charge is -2.31. The molecule has 30 heavy (non-hydrogen) atoms. The Bertz CT molecular complexity index is 378. The Labute approximate surface area is 191 Å². The monoisotopic (exact) mass is 420 g/mol. The second kappa shape index (κ2) is 19.2. The van der Waals surface area contributed by atoms with Gasteiger partial charge in [-0.1, -0.05) is 92.9 Å². The van der Waals surface area contributed by atoms with Crippen molar-refractivity contribution in [2.75, 3.05) is 26.2 Å². The molecule has 0 aromatic heterocycles. The first-order valence-electron chi connectivity index (χ1n) is 13.4. The molecule has 2 unspecified atom stereocenters. The summed E-state index contributed by atoms with van der Waals surface area (Å²) in [6.45, 7) is 23.4. The molecule has 0 radical (unpaired) electrons. The van der Waals surface area contributed by atoms with Crippen LogP contribution in [-0.2, 0) is 0 Å². The number of hydrogen-bond donors (Lipinski definition) is 0. The summed E-state index contributed by atoms with van der Waals surface area (Å²) in [5.41, 5.74) is 0. The molecule has 178 valence electrons. The quantitative estimate of drug-likeness (QED) is 0.210. The van der Waals surface area contributed by atoms with Crippen molar-refractivity contribution in [2.45, 2.75) is 132 Å². The van der Waals surface area contributed by atoms with Crippen molar-refractivity contribution < 1.29 is 0 Å². The van der Waals surface area contributed by atoms with Crippen LogP contribution in [0.3, 0.4) is 0 Å². The molecule has 0 aromatic carbocycles. The summed E-state index contributed by atoms with van der Waals surface area (Å²) in [5, 5.41) is 0. The topological polar surface area (TPSA) is 6.48 Å². The Balaban J connectivity index is 5.65. The predicted octanol–water partition coefficient (Wildman–Crippen LogP) is 7.62. The van der Waals surface area contributed by atoms with Gasteiger partial charge in [0, 0.05) is 0 Å². The van der Waals surface area contributed by atoms with E-state index in [1.165, 1.54) is 90.4 Å². The zero-order valence-corrected chi connectivity index (χ0v) is 22.1. The second-order valence-electron chi connectivity index (χ2n) is 10.1. The molecule has 2 nitrogen and oxygen atoms in total. The van der Waals surface area contributed by atoms with Gasteiger partial charge in [-0.15, -0.1) is 0 Å². The van der Waals surface area contributed by atoms with Crippen LogP contribution in [0.1, 0.15) is 120 Å². The predicted molar refractivity (Wildman–Crippen MR) is 137 cm³/mol. The molecule has 0 amide bonds. The van der Waals surface area contributed by atoms with Crippen LogP contribution in [0.25, 0.3) is 0 Å². The van der Waals surface area contributed by atoms with E-state index >= 15 is 0 Å². The third-order valence-corrected chi connectivity index (χ3v) is 5.88. The van der Waals surface area contributed by atoms with Gasteiger partial charge in [0.15, 0.2) is 0 Å². The first kappa shape index (κ1) is 29.5. The normalized spacial score (nSPS) is 13.9. The van der Waals surface area contributed by atoms with Crippen LogP contribution >= 0.6 is 0 Å². The third kappa shape index (κ3) is 14.5. The molecule has 0 fully saturated rings. The minimum Gasteiger partial charge on any atom is -0.290 e. The summed E-state index contributed by atoms with van der Waals surface area (Å²) in [4.78, 5) is 5.41. The summed E-state index contributed by atoms with van der Waals surface area (Å²) < 4.78 is 0. The lowest BCUT2D eigenvalue weighted by molar-refractivity contribution is 0.200. The molecule has 0 saturated carbocycles. The average molecular weight is 421 g/mol. The van der Waals surface area contributed by atoms with E-state index in [1.807, 2.05) is 0 Å². The highest BCUT2D eigenvalue weighted by molar-refractivity contribution is 5.14. The molecular weight excluding hydrogens is 364 g/mol. The Morgan fingerprint density at radius 1 is 0.500 bits per heavy atom. The van der Waals surface area contributed by atoms with Gasteiger partial charge in [-0.2, -0.15) is 0 Å². The van der Waals surface area contributed by atoms with Crippen LogP contribution in [-0.4, -0.2) is 48.1 Å². The zero-order chi connectivity index (χ0) is 22.8. The minimum atomic E-state index is 0.414. The largest absolute Gasteiger partial charge is 0.290 e. The van der Waals surface area contributed by atoms with Crippen LogP contribution in [0.2, 0.25) is 0 Å². The molecule has 2 atom stereocenters. The third-order valence-electron chi connectivity index (χ3n) is 5.88.